The monoisotopic (exact) mass is 308 g/mol. The molecule has 5 nitrogen and oxygen atoms in total. The molecule has 0 radical (unpaired) electrons. The summed E-state index contributed by atoms with van der Waals surface area (Å²) in [4.78, 5) is 22.2. The minimum absolute atomic E-state index is 0.0187. The molecular formula is C15H20N2O3S. The molecular weight excluding hydrogens is 288 g/mol. The number of ketones is 1. The number of carbonyl (C=O) groups is 1. The zero-order chi connectivity index (χ0) is 15.4. The van der Waals surface area contributed by atoms with Gasteiger partial charge in [-0.05, 0) is 37.7 Å². The van der Waals surface area contributed by atoms with Crippen molar-refractivity contribution in [2.75, 3.05) is 11.1 Å². The topological polar surface area (TPSA) is 72.2 Å². The molecule has 0 bridgehead atoms. The number of hydrogen-bond donors (Lipinski definition) is 1. The fraction of sp³-hybridized carbons (Fsp3) is 0.533. The van der Waals surface area contributed by atoms with Gasteiger partial charge in [-0.2, -0.15) is 11.8 Å². The summed E-state index contributed by atoms with van der Waals surface area (Å²) in [5.74, 6) is 0.888. The summed E-state index contributed by atoms with van der Waals surface area (Å²) in [6.45, 7) is 3.54. The molecule has 1 aromatic carbocycles. The summed E-state index contributed by atoms with van der Waals surface area (Å²) in [6.07, 6.45) is 3.33. The highest BCUT2D eigenvalue weighted by atomic mass is 32.2. The number of Topliss-reactive ketones (excluding diaryl/α,β-unsaturated/α-hetero) is 1. The van der Waals surface area contributed by atoms with Crippen LogP contribution in [0.15, 0.2) is 18.2 Å². The number of rotatable bonds is 6. The fourth-order valence-electron chi connectivity index (χ4n) is 2.73. The van der Waals surface area contributed by atoms with E-state index >= 15 is 0 Å². The van der Waals surface area contributed by atoms with E-state index in [1.165, 1.54) is 13.0 Å². The number of nitrogens with zero attached hydrogens (tertiary/aromatic N) is 1. The number of anilines is 1. The first-order chi connectivity index (χ1) is 10.0. The number of benzene rings is 1. The van der Waals surface area contributed by atoms with Crippen molar-refractivity contribution in [3.05, 3.63) is 33.9 Å². The standard InChI is InChI=1S/C15H20N2O3S/c1-3-21-15-6-4-5-13(15)16-12-8-7-11(10(2)18)9-14(12)17(19)20/h7-9,13,15-16H,3-6H2,1-2H3. The first-order valence-electron chi connectivity index (χ1n) is 7.20. The lowest BCUT2D eigenvalue weighted by Crippen LogP contribution is -2.26. The molecule has 0 aliphatic heterocycles. The van der Waals surface area contributed by atoms with Gasteiger partial charge in [0.15, 0.2) is 5.78 Å². The van der Waals surface area contributed by atoms with E-state index in [1.54, 1.807) is 12.1 Å². The van der Waals surface area contributed by atoms with Gasteiger partial charge in [-0.1, -0.05) is 13.3 Å². The smallest absolute Gasteiger partial charge is 0.293 e. The van der Waals surface area contributed by atoms with Crippen molar-refractivity contribution in [3.8, 4) is 0 Å². The largest absolute Gasteiger partial charge is 0.376 e. The highest BCUT2D eigenvalue weighted by molar-refractivity contribution is 7.99. The van der Waals surface area contributed by atoms with Gasteiger partial charge in [0.05, 0.1) is 4.92 Å². The predicted octanol–water partition coefficient (Wildman–Crippen LogP) is 3.88. The average molecular weight is 308 g/mol. The van der Waals surface area contributed by atoms with Gasteiger partial charge >= 0.3 is 0 Å². The molecule has 0 amide bonds. The molecule has 2 rings (SSSR count). The Hall–Kier alpha value is -1.56. The maximum absolute atomic E-state index is 11.4. The third-order valence-corrected chi connectivity index (χ3v) is 5.10. The molecule has 1 fully saturated rings. The van der Waals surface area contributed by atoms with Gasteiger partial charge in [0, 0.05) is 22.9 Å². The molecule has 1 saturated carbocycles. The van der Waals surface area contributed by atoms with E-state index in [0.29, 0.717) is 16.5 Å². The van der Waals surface area contributed by atoms with E-state index in [4.69, 9.17) is 0 Å². The molecule has 1 N–H and O–H groups in total. The molecule has 6 heteroatoms. The van der Waals surface area contributed by atoms with Crippen molar-refractivity contribution < 1.29 is 9.72 Å². The third-order valence-electron chi connectivity index (χ3n) is 3.78. The molecule has 2 atom stereocenters. The van der Waals surface area contributed by atoms with E-state index < -0.39 is 4.92 Å². The van der Waals surface area contributed by atoms with Crippen molar-refractivity contribution in [3.63, 3.8) is 0 Å². The maximum Gasteiger partial charge on any atom is 0.293 e. The van der Waals surface area contributed by atoms with Crippen LogP contribution < -0.4 is 5.32 Å². The zero-order valence-electron chi connectivity index (χ0n) is 12.3. The molecule has 0 heterocycles. The lowest BCUT2D eigenvalue weighted by Gasteiger charge is -2.21. The fourth-order valence-corrected chi connectivity index (χ4v) is 3.93. The minimum atomic E-state index is -0.425. The SMILES string of the molecule is CCSC1CCCC1Nc1ccc(C(C)=O)cc1[N+](=O)[O-]. The van der Waals surface area contributed by atoms with E-state index in [0.717, 1.165) is 25.0 Å². The van der Waals surface area contributed by atoms with E-state index in [2.05, 4.69) is 12.2 Å². The van der Waals surface area contributed by atoms with Crippen molar-refractivity contribution in [2.24, 2.45) is 0 Å². The average Bonchev–Trinajstić information content (AvgIpc) is 2.86. The predicted molar refractivity (Wildman–Crippen MR) is 86.3 cm³/mol. The van der Waals surface area contributed by atoms with E-state index in [1.807, 2.05) is 11.8 Å². The van der Waals surface area contributed by atoms with Crippen LogP contribution in [0.5, 0.6) is 0 Å². The van der Waals surface area contributed by atoms with Crippen LogP contribution >= 0.6 is 11.8 Å². The van der Waals surface area contributed by atoms with Crippen LogP contribution in [-0.2, 0) is 0 Å². The lowest BCUT2D eigenvalue weighted by molar-refractivity contribution is -0.384. The van der Waals surface area contributed by atoms with Crippen LogP contribution in [0.2, 0.25) is 0 Å². The summed E-state index contributed by atoms with van der Waals surface area (Å²) >= 11 is 1.90. The Morgan fingerprint density at radius 2 is 2.24 bits per heavy atom. The molecule has 1 aliphatic rings. The molecule has 0 aromatic heterocycles. The number of thioether (sulfide) groups is 1. The van der Waals surface area contributed by atoms with Crippen molar-refractivity contribution in [1.82, 2.24) is 0 Å². The van der Waals surface area contributed by atoms with Crippen molar-refractivity contribution in [1.29, 1.82) is 0 Å². The summed E-state index contributed by atoms with van der Waals surface area (Å²) in [7, 11) is 0. The zero-order valence-corrected chi connectivity index (χ0v) is 13.1. The Morgan fingerprint density at radius 3 is 2.86 bits per heavy atom. The molecule has 2 unspecified atom stereocenters. The number of nitrogens with one attached hydrogen (secondary N) is 1. The Kier molecular flexibility index (Phi) is 5.22. The highest BCUT2D eigenvalue weighted by Crippen LogP contribution is 2.34. The Morgan fingerprint density at radius 1 is 1.48 bits per heavy atom. The molecule has 0 saturated heterocycles. The van der Waals surface area contributed by atoms with E-state index in [-0.39, 0.29) is 17.5 Å². The van der Waals surface area contributed by atoms with E-state index in [9.17, 15) is 14.9 Å². The van der Waals surface area contributed by atoms with Gasteiger partial charge in [0.1, 0.15) is 5.69 Å². The first kappa shape index (κ1) is 15.8. The van der Waals surface area contributed by atoms with Gasteiger partial charge < -0.3 is 5.32 Å². The van der Waals surface area contributed by atoms with Gasteiger partial charge in [-0.15, -0.1) is 0 Å². The van der Waals surface area contributed by atoms with Crippen LogP contribution in [0.25, 0.3) is 0 Å². The second kappa shape index (κ2) is 6.93. The Bertz CT molecular complexity index is 548. The summed E-state index contributed by atoms with van der Waals surface area (Å²) < 4.78 is 0. The second-order valence-corrected chi connectivity index (χ2v) is 6.74. The first-order valence-corrected chi connectivity index (χ1v) is 8.25. The number of carbonyl (C=O) groups excluding carboxylic acids is 1. The number of hydrogen-bond acceptors (Lipinski definition) is 5. The van der Waals surface area contributed by atoms with Crippen molar-refractivity contribution >= 4 is 28.9 Å². The summed E-state index contributed by atoms with van der Waals surface area (Å²) in [5.41, 5.74) is 0.867. The maximum atomic E-state index is 11.4. The molecule has 1 aromatic rings. The Labute approximate surface area is 128 Å². The van der Waals surface area contributed by atoms with Crippen LogP contribution in [-0.4, -0.2) is 27.8 Å². The van der Waals surface area contributed by atoms with Crippen LogP contribution in [0.1, 0.15) is 43.5 Å². The molecule has 0 spiro atoms. The summed E-state index contributed by atoms with van der Waals surface area (Å²) in [5, 5.41) is 15.0. The van der Waals surface area contributed by atoms with Crippen LogP contribution in [0, 0.1) is 10.1 Å². The summed E-state index contributed by atoms with van der Waals surface area (Å²) in [6, 6.07) is 4.92. The third kappa shape index (κ3) is 3.75. The molecule has 21 heavy (non-hydrogen) atoms. The van der Waals surface area contributed by atoms with Crippen LogP contribution in [0.4, 0.5) is 11.4 Å². The quantitative estimate of drug-likeness (QED) is 0.490. The van der Waals surface area contributed by atoms with Gasteiger partial charge in [0.2, 0.25) is 0 Å². The van der Waals surface area contributed by atoms with Gasteiger partial charge in [0.25, 0.3) is 5.69 Å². The van der Waals surface area contributed by atoms with Crippen molar-refractivity contribution in [2.45, 2.75) is 44.4 Å². The van der Waals surface area contributed by atoms with Crippen LogP contribution in [0.3, 0.4) is 0 Å². The lowest BCUT2D eigenvalue weighted by atomic mass is 10.1. The Balaban J connectivity index is 2.23. The normalized spacial score (nSPS) is 21.2. The van der Waals surface area contributed by atoms with Gasteiger partial charge in [-0.25, -0.2) is 0 Å². The number of nitro groups is 1. The molecule has 1 aliphatic carbocycles. The number of nitro benzene ring substituents is 1. The molecule has 114 valence electrons. The second-order valence-electron chi connectivity index (χ2n) is 5.22. The highest BCUT2D eigenvalue weighted by Gasteiger charge is 2.29. The van der Waals surface area contributed by atoms with Gasteiger partial charge in [-0.3, -0.25) is 14.9 Å². The minimum Gasteiger partial charge on any atom is -0.376 e.